The number of methoxy groups -OCH3 is 3. The second-order valence-electron chi connectivity index (χ2n) is 3.02. The molecule has 0 aliphatic heterocycles. The monoisotopic (exact) mass is 239 g/mol. The van der Waals surface area contributed by atoms with Gasteiger partial charge in [0.15, 0.2) is 11.5 Å². The van der Waals surface area contributed by atoms with Crippen molar-refractivity contribution in [1.82, 2.24) is 0 Å². The van der Waals surface area contributed by atoms with Crippen LogP contribution in [0.1, 0.15) is 0 Å². The molecule has 1 aromatic carbocycles. The zero-order valence-corrected chi connectivity index (χ0v) is 9.77. The highest BCUT2D eigenvalue weighted by molar-refractivity contribution is 6.37. The minimum absolute atomic E-state index is 0.415. The van der Waals surface area contributed by atoms with E-state index in [0.29, 0.717) is 17.2 Å². The van der Waals surface area contributed by atoms with Gasteiger partial charge in [0.2, 0.25) is 0 Å². The van der Waals surface area contributed by atoms with Gasteiger partial charge in [-0.2, -0.15) is 0 Å². The Morgan fingerprint density at radius 1 is 1.06 bits per heavy atom. The summed E-state index contributed by atoms with van der Waals surface area (Å²) < 4.78 is 14.4. The van der Waals surface area contributed by atoms with Gasteiger partial charge in [-0.05, 0) is 12.1 Å². The van der Waals surface area contributed by atoms with Crippen LogP contribution in [0.3, 0.4) is 0 Å². The first kappa shape index (κ1) is 12.8. The Balaban J connectivity index is 2.86. The van der Waals surface area contributed by atoms with Crippen molar-refractivity contribution < 1.29 is 23.8 Å². The SMILES string of the molecule is COC(=O)C(=O)Nc1ccc(OC)c(OC)c1. The zero-order chi connectivity index (χ0) is 12.8. The smallest absolute Gasteiger partial charge is 0.396 e. The summed E-state index contributed by atoms with van der Waals surface area (Å²) in [6.07, 6.45) is 0. The largest absolute Gasteiger partial charge is 0.493 e. The number of amides is 1. The first-order chi connectivity index (χ1) is 8.12. The summed E-state index contributed by atoms with van der Waals surface area (Å²) in [5, 5.41) is 2.37. The van der Waals surface area contributed by atoms with Gasteiger partial charge in [0.1, 0.15) is 0 Å². The first-order valence-corrected chi connectivity index (χ1v) is 4.73. The van der Waals surface area contributed by atoms with E-state index in [9.17, 15) is 9.59 Å². The van der Waals surface area contributed by atoms with Crippen LogP contribution in [0, 0.1) is 0 Å². The summed E-state index contributed by atoms with van der Waals surface area (Å²) >= 11 is 0. The van der Waals surface area contributed by atoms with E-state index in [0.717, 1.165) is 7.11 Å². The fourth-order valence-corrected chi connectivity index (χ4v) is 1.19. The number of hydrogen-bond donors (Lipinski definition) is 1. The Labute approximate surface area is 98.5 Å². The van der Waals surface area contributed by atoms with Gasteiger partial charge in [0.05, 0.1) is 21.3 Å². The van der Waals surface area contributed by atoms with Gasteiger partial charge in [-0.15, -0.1) is 0 Å². The molecule has 0 radical (unpaired) electrons. The van der Waals surface area contributed by atoms with E-state index in [4.69, 9.17) is 9.47 Å². The van der Waals surface area contributed by atoms with Crippen molar-refractivity contribution in [1.29, 1.82) is 0 Å². The Morgan fingerprint density at radius 3 is 2.24 bits per heavy atom. The molecule has 0 aromatic heterocycles. The predicted molar refractivity (Wildman–Crippen MR) is 60.2 cm³/mol. The van der Waals surface area contributed by atoms with Crippen molar-refractivity contribution in [3.05, 3.63) is 18.2 Å². The average Bonchev–Trinajstić information content (AvgIpc) is 2.37. The van der Waals surface area contributed by atoms with Crippen LogP contribution in [0.4, 0.5) is 5.69 Å². The summed E-state index contributed by atoms with van der Waals surface area (Å²) in [6.45, 7) is 0. The lowest BCUT2D eigenvalue weighted by atomic mass is 10.2. The number of nitrogens with one attached hydrogen (secondary N) is 1. The van der Waals surface area contributed by atoms with Crippen LogP contribution in [0.25, 0.3) is 0 Å². The Kier molecular flexibility index (Phi) is 4.33. The molecule has 0 saturated heterocycles. The van der Waals surface area contributed by atoms with E-state index in [-0.39, 0.29) is 0 Å². The van der Waals surface area contributed by atoms with Crippen LogP contribution in [-0.4, -0.2) is 33.2 Å². The summed E-state index contributed by atoms with van der Waals surface area (Å²) in [6, 6.07) is 4.74. The third kappa shape index (κ3) is 3.10. The molecule has 0 aliphatic rings. The van der Waals surface area contributed by atoms with Crippen LogP contribution in [0.2, 0.25) is 0 Å². The summed E-state index contributed by atoms with van der Waals surface area (Å²) in [5.41, 5.74) is 0.415. The molecule has 17 heavy (non-hydrogen) atoms. The number of ether oxygens (including phenoxy) is 3. The molecular formula is C11H13NO5. The molecule has 0 heterocycles. The van der Waals surface area contributed by atoms with Crippen molar-refractivity contribution in [3.63, 3.8) is 0 Å². The van der Waals surface area contributed by atoms with Crippen molar-refractivity contribution in [2.75, 3.05) is 26.6 Å². The zero-order valence-electron chi connectivity index (χ0n) is 9.77. The van der Waals surface area contributed by atoms with Gasteiger partial charge in [-0.1, -0.05) is 0 Å². The third-order valence-electron chi connectivity index (χ3n) is 2.01. The fraction of sp³-hybridized carbons (Fsp3) is 0.273. The summed E-state index contributed by atoms with van der Waals surface area (Å²) in [5.74, 6) is -0.821. The quantitative estimate of drug-likeness (QED) is 0.624. The highest BCUT2D eigenvalue weighted by Crippen LogP contribution is 2.29. The predicted octanol–water partition coefficient (Wildman–Crippen LogP) is 0.815. The minimum Gasteiger partial charge on any atom is -0.493 e. The van der Waals surface area contributed by atoms with E-state index >= 15 is 0 Å². The topological polar surface area (TPSA) is 73.9 Å². The van der Waals surface area contributed by atoms with E-state index in [1.165, 1.54) is 14.2 Å². The summed E-state index contributed by atoms with van der Waals surface area (Å²) in [4.78, 5) is 22.1. The minimum atomic E-state index is -0.959. The van der Waals surface area contributed by atoms with Crippen molar-refractivity contribution in [3.8, 4) is 11.5 Å². The van der Waals surface area contributed by atoms with Crippen LogP contribution < -0.4 is 14.8 Å². The molecule has 0 spiro atoms. The highest BCUT2D eigenvalue weighted by atomic mass is 16.5. The molecule has 0 fully saturated rings. The molecule has 0 bridgehead atoms. The lowest BCUT2D eigenvalue weighted by Gasteiger charge is -2.09. The lowest BCUT2D eigenvalue weighted by Crippen LogP contribution is -2.23. The lowest BCUT2D eigenvalue weighted by molar-refractivity contribution is -0.150. The van der Waals surface area contributed by atoms with Gasteiger partial charge in [0, 0.05) is 11.8 Å². The standard InChI is InChI=1S/C11H13NO5/c1-15-8-5-4-7(6-9(8)16-2)12-10(13)11(14)17-3/h4-6H,1-3H3,(H,12,13). The van der Waals surface area contributed by atoms with Gasteiger partial charge in [-0.25, -0.2) is 4.79 Å². The van der Waals surface area contributed by atoms with E-state index < -0.39 is 11.9 Å². The number of benzene rings is 1. The number of hydrogen-bond acceptors (Lipinski definition) is 5. The number of anilines is 1. The maximum atomic E-state index is 11.2. The average molecular weight is 239 g/mol. The molecule has 0 aliphatic carbocycles. The third-order valence-corrected chi connectivity index (χ3v) is 2.01. The van der Waals surface area contributed by atoms with Crippen LogP contribution in [-0.2, 0) is 14.3 Å². The molecule has 0 saturated carbocycles. The van der Waals surface area contributed by atoms with Crippen molar-refractivity contribution in [2.24, 2.45) is 0 Å². The number of rotatable bonds is 3. The molecule has 1 aromatic rings. The van der Waals surface area contributed by atoms with E-state index in [2.05, 4.69) is 10.1 Å². The van der Waals surface area contributed by atoms with Crippen LogP contribution >= 0.6 is 0 Å². The van der Waals surface area contributed by atoms with Crippen molar-refractivity contribution in [2.45, 2.75) is 0 Å². The van der Waals surface area contributed by atoms with Crippen LogP contribution in [0.5, 0.6) is 11.5 Å². The molecule has 6 heteroatoms. The van der Waals surface area contributed by atoms with Gasteiger partial charge in [0.25, 0.3) is 0 Å². The second-order valence-corrected chi connectivity index (χ2v) is 3.02. The van der Waals surface area contributed by atoms with E-state index in [1.807, 2.05) is 0 Å². The number of esters is 1. The Morgan fingerprint density at radius 2 is 1.71 bits per heavy atom. The molecule has 0 atom stereocenters. The normalized spacial score (nSPS) is 9.35. The van der Waals surface area contributed by atoms with Gasteiger partial charge >= 0.3 is 11.9 Å². The first-order valence-electron chi connectivity index (χ1n) is 4.73. The Hall–Kier alpha value is -2.24. The van der Waals surface area contributed by atoms with Gasteiger partial charge < -0.3 is 19.5 Å². The summed E-state index contributed by atoms with van der Waals surface area (Å²) in [7, 11) is 4.12. The molecule has 0 unspecified atom stereocenters. The van der Waals surface area contributed by atoms with Crippen molar-refractivity contribution >= 4 is 17.6 Å². The van der Waals surface area contributed by atoms with E-state index in [1.54, 1.807) is 18.2 Å². The molecule has 1 amide bonds. The second kappa shape index (κ2) is 5.74. The highest BCUT2D eigenvalue weighted by Gasteiger charge is 2.14. The van der Waals surface area contributed by atoms with Gasteiger partial charge in [-0.3, -0.25) is 4.79 Å². The molecule has 6 nitrogen and oxygen atoms in total. The number of carbonyl (C=O) groups is 2. The molecule has 1 rings (SSSR count). The Bertz CT molecular complexity index is 430. The molecular weight excluding hydrogens is 226 g/mol. The maximum absolute atomic E-state index is 11.2. The molecule has 1 N–H and O–H groups in total. The van der Waals surface area contributed by atoms with Crippen LogP contribution in [0.15, 0.2) is 18.2 Å². The molecule has 92 valence electrons. The fourth-order valence-electron chi connectivity index (χ4n) is 1.19. The maximum Gasteiger partial charge on any atom is 0.396 e. The number of carbonyl (C=O) groups excluding carboxylic acids is 2.